The molecule has 0 aliphatic carbocycles. The first-order valence-electron chi connectivity index (χ1n) is 13.8. The normalized spacial score (nSPS) is 16.9. The summed E-state index contributed by atoms with van der Waals surface area (Å²) in [6.45, 7) is 8.90. The van der Waals surface area contributed by atoms with Crippen molar-refractivity contribution in [2.75, 3.05) is 54.5 Å². The van der Waals surface area contributed by atoms with E-state index in [0.29, 0.717) is 5.92 Å². The molecule has 0 spiro atoms. The zero-order valence-corrected chi connectivity index (χ0v) is 25.0. The van der Waals surface area contributed by atoms with Crippen LogP contribution in [-0.2, 0) is 0 Å². The molecular formula is C32H43ClN4O2. The van der Waals surface area contributed by atoms with Gasteiger partial charge in [-0.1, -0.05) is 6.08 Å². The number of likely N-dealkylation sites (N-methyl/N-ethyl adjacent to an activating group) is 1. The van der Waals surface area contributed by atoms with Crippen molar-refractivity contribution in [3.8, 4) is 11.5 Å². The number of fused-ring (bicyclic) bond motifs is 2. The monoisotopic (exact) mass is 550 g/mol. The summed E-state index contributed by atoms with van der Waals surface area (Å²) in [4.78, 5) is 11.8. The molecule has 210 valence electrons. The van der Waals surface area contributed by atoms with Gasteiger partial charge in [0.1, 0.15) is 11.5 Å². The van der Waals surface area contributed by atoms with Crippen molar-refractivity contribution in [1.82, 2.24) is 19.8 Å². The van der Waals surface area contributed by atoms with Crippen LogP contribution in [0.2, 0.25) is 0 Å². The number of halogens is 1. The number of nitrogens with one attached hydrogen (secondary N) is 2. The highest BCUT2D eigenvalue weighted by Gasteiger charge is 2.23. The van der Waals surface area contributed by atoms with Crippen molar-refractivity contribution in [3.05, 3.63) is 65.0 Å². The molecule has 0 atom stereocenters. The molecular weight excluding hydrogens is 508 g/mol. The van der Waals surface area contributed by atoms with E-state index in [1.54, 1.807) is 14.2 Å². The number of methoxy groups -OCH3 is 2. The number of aryl methyl sites for hydroxylation is 2. The third kappa shape index (κ3) is 6.13. The average Bonchev–Trinajstić information content (AvgIpc) is 3.44. The van der Waals surface area contributed by atoms with Crippen LogP contribution in [0.3, 0.4) is 0 Å². The number of hydrogen-bond acceptors (Lipinski definition) is 4. The van der Waals surface area contributed by atoms with E-state index in [0.717, 1.165) is 31.0 Å². The van der Waals surface area contributed by atoms with Gasteiger partial charge in [-0.25, -0.2) is 0 Å². The molecule has 6 nitrogen and oxygen atoms in total. The van der Waals surface area contributed by atoms with E-state index in [-0.39, 0.29) is 12.4 Å². The predicted octanol–water partition coefficient (Wildman–Crippen LogP) is 6.92. The molecule has 0 amide bonds. The summed E-state index contributed by atoms with van der Waals surface area (Å²) in [5.41, 5.74) is 9.30. The second kappa shape index (κ2) is 12.5. The summed E-state index contributed by atoms with van der Waals surface area (Å²) in [5, 5.41) is 2.61. The first kappa shape index (κ1) is 29.1. The topological polar surface area (TPSA) is 56.5 Å². The molecule has 4 heterocycles. The molecule has 6 rings (SSSR count). The maximum atomic E-state index is 5.37. The molecule has 2 aliphatic heterocycles. The largest absolute Gasteiger partial charge is 0.497 e. The molecule has 39 heavy (non-hydrogen) atoms. The van der Waals surface area contributed by atoms with Gasteiger partial charge in [0, 0.05) is 51.8 Å². The minimum Gasteiger partial charge on any atom is -0.497 e. The quantitative estimate of drug-likeness (QED) is 0.289. The summed E-state index contributed by atoms with van der Waals surface area (Å²) >= 11 is 0. The second-order valence-electron chi connectivity index (χ2n) is 10.9. The third-order valence-corrected chi connectivity index (χ3v) is 8.30. The maximum absolute atomic E-state index is 5.37. The van der Waals surface area contributed by atoms with Crippen molar-refractivity contribution >= 4 is 39.8 Å². The average molecular weight is 551 g/mol. The number of benzene rings is 2. The fourth-order valence-electron chi connectivity index (χ4n) is 6.12. The van der Waals surface area contributed by atoms with Gasteiger partial charge in [0.15, 0.2) is 0 Å². The molecule has 2 aromatic heterocycles. The minimum atomic E-state index is 0. The number of nitrogens with zero attached hydrogens (tertiary/aromatic N) is 2. The van der Waals surface area contributed by atoms with Crippen molar-refractivity contribution in [1.29, 1.82) is 0 Å². The number of hydrogen-bond donors (Lipinski definition) is 2. The van der Waals surface area contributed by atoms with Crippen LogP contribution in [0.15, 0.2) is 42.5 Å². The highest BCUT2D eigenvalue weighted by Crippen LogP contribution is 2.37. The Morgan fingerprint density at radius 2 is 1.36 bits per heavy atom. The van der Waals surface area contributed by atoms with Crippen LogP contribution in [0.1, 0.15) is 47.7 Å². The van der Waals surface area contributed by atoms with Gasteiger partial charge in [0.05, 0.1) is 14.2 Å². The van der Waals surface area contributed by atoms with Crippen molar-refractivity contribution in [3.63, 3.8) is 0 Å². The summed E-state index contributed by atoms with van der Waals surface area (Å²) in [7, 11) is 7.82. The number of ether oxygens (including phenoxy) is 2. The SMILES string of the molecule is COc1ccc2[nH]c(C)c(C3=CCN(C)CC3)c2c1.COc1ccc2[nH]c(C)c(C3CCN(C)CC3)c2c1.Cl. The van der Waals surface area contributed by atoms with Gasteiger partial charge >= 0.3 is 0 Å². The number of piperidine rings is 1. The Balaban J connectivity index is 0.000000176. The van der Waals surface area contributed by atoms with Crippen molar-refractivity contribution < 1.29 is 9.47 Å². The van der Waals surface area contributed by atoms with Crippen LogP contribution in [0.25, 0.3) is 27.4 Å². The highest BCUT2D eigenvalue weighted by atomic mass is 35.5. The Hall–Kier alpha value is -2.93. The first-order valence-corrected chi connectivity index (χ1v) is 13.8. The minimum absolute atomic E-state index is 0. The van der Waals surface area contributed by atoms with E-state index in [4.69, 9.17) is 9.47 Å². The van der Waals surface area contributed by atoms with Gasteiger partial charge in [-0.3, -0.25) is 0 Å². The van der Waals surface area contributed by atoms with E-state index in [1.165, 1.54) is 75.8 Å². The lowest BCUT2D eigenvalue weighted by atomic mass is 9.88. The third-order valence-electron chi connectivity index (χ3n) is 8.30. The Morgan fingerprint density at radius 1 is 0.769 bits per heavy atom. The van der Waals surface area contributed by atoms with Crippen LogP contribution in [-0.4, -0.2) is 74.3 Å². The summed E-state index contributed by atoms with van der Waals surface area (Å²) < 4.78 is 10.7. The highest BCUT2D eigenvalue weighted by molar-refractivity contribution is 5.95. The number of H-pyrrole nitrogens is 2. The van der Waals surface area contributed by atoms with E-state index in [2.05, 4.69) is 78.1 Å². The van der Waals surface area contributed by atoms with Gasteiger partial charge in [-0.15, -0.1) is 12.4 Å². The molecule has 2 aromatic carbocycles. The molecule has 1 fully saturated rings. The van der Waals surface area contributed by atoms with E-state index >= 15 is 0 Å². The van der Waals surface area contributed by atoms with Crippen LogP contribution < -0.4 is 9.47 Å². The molecule has 1 saturated heterocycles. The number of aromatic nitrogens is 2. The summed E-state index contributed by atoms with van der Waals surface area (Å²) in [6.07, 6.45) is 5.96. The summed E-state index contributed by atoms with van der Waals surface area (Å²) in [6, 6.07) is 12.6. The standard InChI is InChI=1S/C16H22N2O.C16H20N2O.ClH/c2*1-11-16(12-6-8-18(2)9-7-12)14-10-13(19-3)4-5-15(14)17-11;/h4-5,10,12,17H,6-9H2,1-3H3;4-6,10,17H,7-9H2,1-3H3;1H. The molecule has 0 saturated carbocycles. The molecule has 0 bridgehead atoms. The zero-order chi connectivity index (χ0) is 26.8. The Labute approximate surface area is 238 Å². The lowest BCUT2D eigenvalue weighted by Crippen LogP contribution is -2.29. The smallest absolute Gasteiger partial charge is 0.119 e. The van der Waals surface area contributed by atoms with Crippen molar-refractivity contribution in [2.24, 2.45) is 0 Å². The van der Waals surface area contributed by atoms with Gasteiger partial charge in [0.25, 0.3) is 0 Å². The fraction of sp³-hybridized carbons (Fsp3) is 0.438. The van der Waals surface area contributed by atoms with Crippen LogP contribution in [0, 0.1) is 13.8 Å². The predicted molar refractivity (Wildman–Crippen MR) is 166 cm³/mol. The van der Waals surface area contributed by atoms with Crippen molar-refractivity contribution in [2.45, 2.75) is 39.0 Å². The summed E-state index contributed by atoms with van der Waals surface area (Å²) in [5.74, 6) is 2.54. The molecule has 7 heteroatoms. The number of aromatic amines is 2. The zero-order valence-electron chi connectivity index (χ0n) is 24.2. The van der Waals surface area contributed by atoms with Gasteiger partial charge in [-0.2, -0.15) is 0 Å². The van der Waals surface area contributed by atoms with Crippen LogP contribution >= 0.6 is 12.4 Å². The van der Waals surface area contributed by atoms with Gasteiger partial charge < -0.3 is 29.2 Å². The van der Waals surface area contributed by atoms with E-state index < -0.39 is 0 Å². The van der Waals surface area contributed by atoms with Crippen LogP contribution in [0.5, 0.6) is 11.5 Å². The fourth-order valence-corrected chi connectivity index (χ4v) is 6.12. The Morgan fingerprint density at radius 3 is 1.95 bits per heavy atom. The van der Waals surface area contributed by atoms with E-state index in [1.807, 2.05) is 12.1 Å². The molecule has 0 unspecified atom stereocenters. The van der Waals surface area contributed by atoms with Crippen LogP contribution in [0.4, 0.5) is 0 Å². The molecule has 2 aliphatic rings. The second-order valence-corrected chi connectivity index (χ2v) is 10.9. The number of likely N-dealkylation sites (tertiary alicyclic amines) is 1. The molecule has 2 N–H and O–H groups in total. The van der Waals surface area contributed by atoms with Gasteiger partial charge in [-0.05, 0) is 114 Å². The lowest BCUT2D eigenvalue weighted by molar-refractivity contribution is 0.255. The first-order chi connectivity index (χ1) is 18.4. The van der Waals surface area contributed by atoms with Gasteiger partial charge in [0.2, 0.25) is 0 Å². The Bertz CT molecular complexity index is 1450. The molecule has 4 aromatic rings. The Kier molecular flexibility index (Phi) is 9.31. The maximum Gasteiger partial charge on any atom is 0.119 e. The molecule has 0 radical (unpaired) electrons. The van der Waals surface area contributed by atoms with E-state index in [9.17, 15) is 0 Å². The number of rotatable bonds is 4. The lowest BCUT2D eigenvalue weighted by Gasteiger charge is -2.29.